The maximum absolute atomic E-state index is 14.7. The van der Waals surface area contributed by atoms with Crippen molar-refractivity contribution >= 4 is 11.8 Å². The van der Waals surface area contributed by atoms with Gasteiger partial charge in [-0.15, -0.1) is 0 Å². The lowest BCUT2D eigenvalue weighted by atomic mass is 9.95. The van der Waals surface area contributed by atoms with E-state index in [1.54, 1.807) is 6.07 Å². The van der Waals surface area contributed by atoms with Crippen molar-refractivity contribution < 1.29 is 8.91 Å². The van der Waals surface area contributed by atoms with Crippen LogP contribution in [0.15, 0.2) is 64.1 Å². The first-order valence-electron chi connectivity index (χ1n) is 9.52. The number of halogens is 1. The first-order valence-corrected chi connectivity index (χ1v) is 9.52. The first kappa shape index (κ1) is 18.2. The van der Waals surface area contributed by atoms with Crippen LogP contribution in [0.1, 0.15) is 36.9 Å². The van der Waals surface area contributed by atoms with Gasteiger partial charge in [0.15, 0.2) is 5.96 Å². The van der Waals surface area contributed by atoms with Crippen molar-refractivity contribution in [1.82, 2.24) is 5.16 Å². The van der Waals surface area contributed by atoms with Gasteiger partial charge in [-0.2, -0.15) is 0 Å². The summed E-state index contributed by atoms with van der Waals surface area (Å²) in [4.78, 5) is 6.17. The minimum atomic E-state index is -0.247. The van der Waals surface area contributed by atoms with Gasteiger partial charge in [0.2, 0.25) is 5.88 Å². The number of aliphatic imine (C=N–C) groups is 1. The molecule has 6 heteroatoms. The summed E-state index contributed by atoms with van der Waals surface area (Å²) >= 11 is 0. The fourth-order valence-corrected chi connectivity index (χ4v) is 3.43. The van der Waals surface area contributed by atoms with Crippen LogP contribution in [0.3, 0.4) is 0 Å². The second-order valence-electron chi connectivity index (χ2n) is 7.02. The number of aromatic nitrogens is 1. The summed E-state index contributed by atoms with van der Waals surface area (Å²) in [6.45, 7) is 3.46. The van der Waals surface area contributed by atoms with E-state index in [0.717, 1.165) is 42.8 Å². The molecule has 2 heterocycles. The summed E-state index contributed by atoms with van der Waals surface area (Å²) in [5.74, 6) is 0.669. The van der Waals surface area contributed by atoms with Gasteiger partial charge < -0.3 is 10.3 Å². The van der Waals surface area contributed by atoms with Crippen LogP contribution in [-0.2, 0) is 0 Å². The minimum absolute atomic E-state index is 0.109. The van der Waals surface area contributed by atoms with Gasteiger partial charge in [-0.1, -0.05) is 54.5 Å². The summed E-state index contributed by atoms with van der Waals surface area (Å²) in [6, 6.07) is 16.7. The SMILES string of the molecule is CC(c1ccc(-c2ccccc2)c(F)c1)c1cc(N2CCCCN=C2N)on1. The van der Waals surface area contributed by atoms with Crippen LogP contribution in [0, 0.1) is 5.82 Å². The monoisotopic (exact) mass is 378 g/mol. The number of hydrogen-bond acceptors (Lipinski definition) is 5. The van der Waals surface area contributed by atoms with E-state index in [-0.39, 0.29) is 11.7 Å². The van der Waals surface area contributed by atoms with Gasteiger partial charge >= 0.3 is 0 Å². The third kappa shape index (κ3) is 3.63. The summed E-state index contributed by atoms with van der Waals surface area (Å²) in [5, 5.41) is 4.19. The lowest BCUT2D eigenvalue weighted by Gasteiger charge is -2.17. The molecule has 4 rings (SSSR count). The molecule has 1 unspecified atom stereocenters. The summed E-state index contributed by atoms with van der Waals surface area (Å²) in [6.07, 6.45) is 1.99. The molecule has 1 aliphatic heterocycles. The number of rotatable bonds is 4. The van der Waals surface area contributed by atoms with E-state index in [2.05, 4.69) is 10.1 Å². The van der Waals surface area contributed by atoms with E-state index in [1.807, 2.05) is 60.4 Å². The lowest BCUT2D eigenvalue weighted by molar-refractivity contribution is 0.414. The largest absolute Gasteiger partial charge is 0.369 e. The van der Waals surface area contributed by atoms with E-state index >= 15 is 0 Å². The quantitative estimate of drug-likeness (QED) is 0.723. The molecular weight excluding hydrogens is 355 g/mol. The minimum Gasteiger partial charge on any atom is -0.369 e. The van der Waals surface area contributed by atoms with Gasteiger partial charge in [-0.3, -0.25) is 9.89 Å². The van der Waals surface area contributed by atoms with E-state index in [9.17, 15) is 4.39 Å². The molecule has 28 heavy (non-hydrogen) atoms. The smallest absolute Gasteiger partial charge is 0.234 e. The molecule has 0 radical (unpaired) electrons. The van der Waals surface area contributed by atoms with E-state index in [1.165, 1.54) is 0 Å². The number of anilines is 1. The second-order valence-corrected chi connectivity index (χ2v) is 7.02. The molecule has 2 N–H and O–H groups in total. The van der Waals surface area contributed by atoms with Crippen LogP contribution in [0.25, 0.3) is 11.1 Å². The van der Waals surface area contributed by atoms with Crippen molar-refractivity contribution in [3.63, 3.8) is 0 Å². The zero-order valence-electron chi connectivity index (χ0n) is 15.8. The Labute approximate surface area is 163 Å². The molecule has 3 aromatic rings. The van der Waals surface area contributed by atoms with E-state index < -0.39 is 0 Å². The molecule has 0 bridgehead atoms. The molecule has 0 saturated heterocycles. The van der Waals surface area contributed by atoms with Crippen molar-refractivity contribution in [2.24, 2.45) is 10.7 Å². The number of benzene rings is 2. The van der Waals surface area contributed by atoms with Crippen LogP contribution in [0.5, 0.6) is 0 Å². The zero-order chi connectivity index (χ0) is 19.5. The highest BCUT2D eigenvalue weighted by atomic mass is 19.1. The molecule has 0 saturated carbocycles. The highest BCUT2D eigenvalue weighted by Gasteiger charge is 2.21. The Morgan fingerprint density at radius 3 is 2.71 bits per heavy atom. The highest BCUT2D eigenvalue weighted by Crippen LogP contribution is 2.31. The summed E-state index contributed by atoms with van der Waals surface area (Å²) in [5.41, 5.74) is 9.06. The highest BCUT2D eigenvalue weighted by molar-refractivity contribution is 5.93. The van der Waals surface area contributed by atoms with Crippen molar-refractivity contribution in [3.05, 3.63) is 71.7 Å². The maximum Gasteiger partial charge on any atom is 0.234 e. The molecule has 144 valence electrons. The number of nitrogens with two attached hydrogens (primary N) is 1. The Balaban J connectivity index is 1.57. The molecule has 1 aliphatic rings. The van der Waals surface area contributed by atoms with Crippen LogP contribution in [0.2, 0.25) is 0 Å². The fraction of sp³-hybridized carbons (Fsp3) is 0.273. The molecule has 0 aliphatic carbocycles. The molecule has 0 spiro atoms. The van der Waals surface area contributed by atoms with E-state index in [0.29, 0.717) is 17.4 Å². The third-order valence-corrected chi connectivity index (χ3v) is 5.14. The standard InChI is InChI=1S/C22H23FN4O/c1-15(17-9-10-18(19(23)13-17)16-7-3-2-4-8-16)20-14-21(28-26-20)27-12-6-5-11-25-22(27)24/h2-4,7-10,13-15H,5-6,11-12H2,1H3,(H2,24,25). The second kappa shape index (κ2) is 7.84. The number of nitrogens with zero attached hydrogens (tertiary/aromatic N) is 3. The Kier molecular flexibility index (Phi) is 5.10. The maximum atomic E-state index is 14.7. The molecular formula is C22H23FN4O. The number of hydrogen-bond donors (Lipinski definition) is 1. The Morgan fingerprint density at radius 1 is 1.11 bits per heavy atom. The van der Waals surface area contributed by atoms with Gasteiger partial charge in [0.25, 0.3) is 0 Å². The Hall–Kier alpha value is -3.15. The predicted octanol–water partition coefficient (Wildman–Crippen LogP) is 4.55. The van der Waals surface area contributed by atoms with Crippen LogP contribution in [-0.4, -0.2) is 24.2 Å². The van der Waals surface area contributed by atoms with Crippen molar-refractivity contribution in [3.8, 4) is 11.1 Å². The van der Waals surface area contributed by atoms with Gasteiger partial charge in [0, 0.05) is 30.6 Å². The van der Waals surface area contributed by atoms with Gasteiger partial charge in [-0.25, -0.2) is 4.39 Å². The predicted molar refractivity (Wildman–Crippen MR) is 109 cm³/mol. The lowest BCUT2D eigenvalue weighted by Crippen LogP contribution is -2.37. The van der Waals surface area contributed by atoms with E-state index in [4.69, 9.17) is 10.3 Å². The van der Waals surface area contributed by atoms with Crippen molar-refractivity contribution in [2.45, 2.75) is 25.7 Å². The summed E-state index contributed by atoms with van der Waals surface area (Å²) < 4.78 is 20.2. The van der Waals surface area contributed by atoms with Crippen LogP contribution >= 0.6 is 0 Å². The zero-order valence-corrected chi connectivity index (χ0v) is 15.8. The Bertz CT molecular complexity index is 983. The third-order valence-electron chi connectivity index (χ3n) is 5.14. The normalized spacial score (nSPS) is 15.8. The summed E-state index contributed by atoms with van der Waals surface area (Å²) in [7, 11) is 0. The topological polar surface area (TPSA) is 67.7 Å². The molecule has 1 aromatic heterocycles. The number of guanidine groups is 1. The fourth-order valence-electron chi connectivity index (χ4n) is 3.43. The average Bonchev–Trinajstić information content (AvgIpc) is 3.10. The van der Waals surface area contributed by atoms with Gasteiger partial charge in [0.05, 0.1) is 5.69 Å². The van der Waals surface area contributed by atoms with Crippen molar-refractivity contribution in [2.75, 3.05) is 18.0 Å². The Morgan fingerprint density at radius 2 is 1.93 bits per heavy atom. The molecule has 2 aromatic carbocycles. The van der Waals surface area contributed by atoms with Gasteiger partial charge in [0.1, 0.15) is 5.82 Å². The molecule has 5 nitrogen and oxygen atoms in total. The first-order chi connectivity index (χ1) is 13.6. The molecule has 0 amide bonds. The van der Waals surface area contributed by atoms with Crippen LogP contribution < -0.4 is 10.6 Å². The van der Waals surface area contributed by atoms with Gasteiger partial charge in [-0.05, 0) is 30.0 Å². The van der Waals surface area contributed by atoms with Crippen LogP contribution in [0.4, 0.5) is 10.3 Å². The van der Waals surface area contributed by atoms with Crippen molar-refractivity contribution in [1.29, 1.82) is 0 Å². The molecule has 0 fully saturated rings. The molecule has 1 atom stereocenters. The average molecular weight is 378 g/mol.